The third-order valence-corrected chi connectivity index (χ3v) is 6.81. The van der Waals surface area contributed by atoms with Crippen molar-refractivity contribution in [3.05, 3.63) is 25.6 Å². The molecular weight excluding hydrogens is 475 g/mol. The average molecular weight is 485 g/mol. The van der Waals surface area contributed by atoms with Crippen molar-refractivity contribution >= 4 is 68.4 Å². The summed E-state index contributed by atoms with van der Waals surface area (Å²) in [6.07, 6.45) is 0.436. The van der Waals surface area contributed by atoms with Crippen LogP contribution in [0.15, 0.2) is 25.6 Å². The molecule has 1 atom stereocenters. The van der Waals surface area contributed by atoms with E-state index in [-0.39, 0.29) is 5.75 Å². The van der Waals surface area contributed by atoms with Crippen LogP contribution in [0.2, 0.25) is 0 Å². The van der Waals surface area contributed by atoms with E-state index in [4.69, 9.17) is 20.5 Å². The molecule has 0 aliphatic rings. The maximum Gasteiger partial charge on any atom is 0.745 e. The van der Waals surface area contributed by atoms with Gasteiger partial charge < -0.3 is 18.4 Å². The van der Waals surface area contributed by atoms with E-state index < -0.39 is 14.6 Å². The van der Waals surface area contributed by atoms with Gasteiger partial charge >= 0.3 is 9.05 Å². The minimum absolute atomic E-state index is 0.252. The summed E-state index contributed by atoms with van der Waals surface area (Å²) in [6.45, 7) is 1.76. The van der Waals surface area contributed by atoms with E-state index >= 15 is 0 Å². The Morgan fingerprint density at radius 3 is 2.44 bits per heavy atom. The topological polar surface area (TPSA) is 58.9 Å². The zero-order chi connectivity index (χ0) is 13.9. The van der Waals surface area contributed by atoms with Gasteiger partial charge in [0.25, 0.3) is 0 Å². The van der Waals surface area contributed by atoms with Crippen molar-refractivity contribution in [1.29, 1.82) is 0 Å². The Bertz CT molecular complexity index is 433. The molecule has 2 N–H and O–H groups in total. The molecule has 4 nitrogen and oxygen atoms in total. The zero-order valence-corrected chi connectivity index (χ0v) is 15.7. The second-order valence-corrected chi connectivity index (χ2v) is 7.72. The molecule has 0 fully saturated rings. The van der Waals surface area contributed by atoms with Gasteiger partial charge in [-0.3, -0.25) is 0 Å². The number of halogens is 4. The molecule has 0 heterocycles. The summed E-state index contributed by atoms with van der Waals surface area (Å²) < 4.78 is 12.0. The van der Waals surface area contributed by atoms with Crippen LogP contribution in [0.1, 0.15) is 13.3 Å². The van der Waals surface area contributed by atoms with Crippen molar-refractivity contribution in [1.82, 2.24) is 0 Å². The average Bonchev–Trinajstić information content (AvgIpc) is 2.29. The molecule has 102 valence electrons. The van der Waals surface area contributed by atoms with Gasteiger partial charge in [0, 0.05) is 8.95 Å². The summed E-state index contributed by atoms with van der Waals surface area (Å²) in [6, 6.07) is 3.28. The summed E-state index contributed by atoms with van der Waals surface area (Å²) in [5.74, 6) is 0.252. The normalized spacial score (nSPS) is 13.5. The molecule has 1 unspecified atom stereocenters. The number of alkyl halides is 1. The monoisotopic (exact) mass is 482 g/mol. The fraction of sp³-hybridized carbons (Fsp3) is 0.333. The largest absolute Gasteiger partial charge is 0.745 e. The van der Waals surface area contributed by atoms with Gasteiger partial charge in [-0.05, 0) is 66.3 Å². The molecule has 1 rings (SSSR count). The van der Waals surface area contributed by atoms with Crippen molar-refractivity contribution in [3.63, 3.8) is 0 Å². The summed E-state index contributed by atoms with van der Waals surface area (Å²) in [4.78, 5) is 19.3. The summed E-state index contributed by atoms with van der Waals surface area (Å²) in [7, 11) is -4.30. The van der Waals surface area contributed by atoms with Gasteiger partial charge in [0.15, 0.2) is 0 Å². The Morgan fingerprint density at radius 1 is 1.28 bits per heavy atom. The minimum Gasteiger partial charge on any atom is -0.479 e. The number of hydrogen-bond donors (Lipinski definition) is 2. The van der Waals surface area contributed by atoms with Crippen LogP contribution < -0.4 is 4.43 Å². The first kappa shape index (κ1) is 16.9. The third kappa shape index (κ3) is 4.75. The predicted octanol–water partition coefficient (Wildman–Crippen LogP) is 3.76. The van der Waals surface area contributed by atoms with E-state index in [9.17, 15) is 9.59 Å². The van der Waals surface area contributed by atoms with E-state index in [0.717, 1.165) is 4.47 Å². The SMILES string of the molecule is CCC(Cl)O[Si](O)(O)Oc1ccc(Br)c(Br)c1Br. The van der Waals surface area contributed by atoms with Crippen molar-refractivity contribution < 1.29 is 18.4 Å². The van der Waals surface area contributed by atoms with Gasteiger partial charge in [0.2, 0.25) is 0 Å². The van der Waals surface area contributed by atoms with Crippen LogP contribution in [-0.2, 0) is 4.43 Å². The predicted molar refractivity (Wildman–Crippen MR) is 81.4 cm³/mol. The second-order valence-electron chi connectivity index (χ2n) is 3.26. The summed E-state index contributed by atoms with van der Waals surface area (Å²) in [5.41, 5.74) is -0.802. The molecule has 9 heteroatoms. The number of hydrogen-bond acceptors (Lipinski definition) is 4. The van der Waals surface area contributed by atoms with Crippen LogP contribution in [0.3, 0.4) is 0 Å². The van der Waals surface area contributed by atoms with Crippen LogP contribution in [-0.4, -0.2) is 24.2 Å². The molecule has 0 aliphatic heterocycles. The van der Waals surface area contributed by atoms with Crippen molar-refractivity contribution in [2.75, 3.05) is 0 Å². The highest BCUT2D eigenvalue weighted by Crippen LogP contribution is 2.38. The van der Waals surface area contributed by atoms with Gasteiger partial charge in [0.05, 0.1) is 4.47 Å². The highest BCUT2D eigenvalue weighted by molar-refractivity contribution is 9.14. The van der Waals surface area contributed by atoms with Crippen LogP contribution in [0.25, 0.3) is 0 Å². The van der Waals surface area contributed by atoms with Crippen LogP contribution in [0.4, 0.5) is 0 Å². The highest BCUT2D eigenvalue weighted by atomic mass is 79.9. The molecule has 0 amide bonds. The Hall–Kier alpha value is 0.847. The van der Waals surface area contributed by atoms with E-state index in [1.54, 1.807) is 19.1 Å². The molecule has 1 aromatic carbocycles. The molecular formula is C9H10Br3ClO4Si. The lowest BCUT2D eigenvalue weighted by atomic mass is 10.3. The lowest BCUT2D eigenvalue weighted by Gasteiger charge is -2.21. The first-order valence-electron chi connectivity index (χ1n) is 4.86. The van der Waals surface area contributed by atoms with Gasteiger partial charge in [-0.2, -0.15) is 0 Å². The van der Waals surface area contributed by atoms with Crippen LogP contribution in [0.5, 0.6) is 5.75 Å². The van der Waals surface area contributed by atoms with Crippen molar-refractivity contribution in [3.8, 4) is 5.75 Å². The van der Waals surface area contributed by atoms with Gasteiger partial charge in [-0.25, -0.2) is 0 Å². The smallest absolute Gasteiger partial charge is 0.479 e. The fourth-order valence-corrected chi connectivity index (χ4v) is 3.86. The van der Waals surface area contributed by atoms with Crippen LogP contribution in [0, 0.1) is 0 Å². The Kier molecular flexibility index (Phi) is 6.60. The highest BCUT2D eigenvalue weighted by Gasteiger charge is 2.42. The Balaban J connectivity index is 2.87. The lowest BCUT2D eigenvalue weighted by Crippen LogP contribution is -2.48. The Morgan fingerprint density at radius 2 is 1.89 bits per heavy atom. The zero-order valence-electron chi connectivity index (χ0n) is 9.16. The molecule has 0 spiro atoms. The summed E-state index contributed by atoms with van der Waals surface area (Å²) >= 11 is 15.6. The number of benzene rings is 1. The molecule has 0 bridgehead atoms. The van der Waals surface area contributed by atoms with E-state index in [1.165, 1.54) is 0 Å². The fourth-order valence-electron chi connectivity index (χ4n) is 1.00. The first-order chi connectivity index (χ1) is 8.26. The van der Waals surface area contributed by atoms with E-state index in [0.29, 0.717) is 15.4 Å². The van der Waals surface area contributed by atoms with Crippen molar-refractivity contribution in [2.24, 2.45) is 0 Å². The standard InChI is InChI=1S/C9H10Br3ClO4Si/c1-2-7(13)17-18(14,15)16-6-4-3-5(10)8(11)9(6)12/h3-4,7,14-15H,2H2,1H3. The summed E-state index contributed by atoms with van der Waals surface area (Å²) in [5, 5.41) is 0. The maximum absolute atomic E-state index is 9.67. The molecule has 0 saturated heterocycles. The molecule has 0 radical (unpaired) electrons. The molecule has 18 heavy (non-hydrogen) atoms. The molecule has 0 aromatic heterocycles. The number of rotatable bonds is 5. The second kappa shape index (κ2) is 7.03. The van der Waals surface area contributed by atoms with Gasteiger partial charge in [-0.1, -0.05) is 18.5 Å². The minimum atomic E-state index is -4.30. The van der Waals surface area contributed by atoms with Gasteiger partial charge in [0.1, 0.15) is 11.3 Å². The third-order valence-electron chi connectivity index (χ3n) is 1.85. The van der Waals surface area contributed by atoms with Crippen LogP contribution >= 0.6 is 59.4 Å². The van der Waals surface area contributed by atoms with E-state index in [1.807, 2.05) is 0 Å². The quantitative estimate of drug-likeness (QED) is 0.379. The van der Waals surface area contributed by atoms with Gasteiger partial charge in [-0.15, -0.1) is 0 Å². The van der Waals surface area contributed by atoms with Crippen molar-refractivity contribution in [2.45, 2.75) is 18.9 Å². The molecule has 0 saturated carbocycles. The lowest BCUT2D eigenvalue weighted by molar-refractivity contribution is 0.0584. The first-order valence-corrected chi connectivity index (χ1v) is 9.38. The Labute approximate surface area is 136 Å². The van der Waals surface area contributed by atoms with E-state index in [2.05, 4.69) is 47.8 Å². The molecule has 1 aromatic rings. The maximum atomic E-state index is 9.67. The molecule has 0 aliphatic carbocycles.